The third kappa shape index (κ3) is 10.1. The number of nitrogen functional groups attached to an aromatic ring is 2. The molecule has 0 radical (unpaired) electrons. The molecule has 1 rings (SSSR count). The molecule has 0 aromatic heterocycles. The van der Waals surface area contributed by atoms with Crippen molar-refractivity contribution in [1.29, 1.82) is 0 Å². The van der Waals surface area contributed by atoms with Crippen molar-refractivity contribution < 1.29 is 4.74 Å². The molecular weight excluding hydrogens is 332 g/mol. The Morgan fingerprint density at radius 2 is 1.07 bits per heavy atom. The monoisotopic (exact) mass is 340 g/mol. The molecule has 3 nitrogen and oxygen atoms in total. The molecule has 0 aliphatic rings. The van der Waals surface area contributed by atoms with E-state index in [0.717, 1.165) is 0 Å². The van der Waals surface area contributed by atoms with Gasteiger partial charge in [-0.2, -0.15) is 0 Å². The maximum absolute atomic E-state index is 5.71. The van der Waals surface area contributed by atoms with Crippen molar-refractivity contribution in [2.24, 2.45) is 0 Å². The zero-order valence-corrected chi connectivity index (χ0v) is 13.9. The predicted molar refractivity (Wildman–Crippen MR) is 107 cm³/mol. The number of nitrogens with two attached hydrogens (primary N) is 2. The number of rotatable bonds is 1. The Labute approximate surface area is 159 Å². The highest BCUT2D eigenvalue weighted by molar-refractivity contribution is 5.61. The molecule has 0 spiro atoms. The van der Waals surface area contributed by atoms with Gasteiger partial charge in [0.2, 0.25) is 0 Å². The van der Waals surface area contributed by atoms with Crippen LogP contribution in [0.1, 0.15) is 0 Å². The van der Waals surface area contributed by atoms with Crippen molar-refractivity contribution in [3.05, 3.63) is 18.2 Å². The second-order valence-electron chi connectivity index (χ2n) is 4.02. The van der Waals surface area contributed by atoms with Crippen LogP contribution in [0.5, 0.6) is 5.75 Å². The number of hydrogen-bond donors (Lipinski definition) is 2. The smallest absolute Gasteiger partial charge is 0.163 e. The molecule has 0 fully saturated rings. The van der Waals surface area contributed by atoms with E-state index in [1.54, 1.807) is 18.2 Å². The normalized spacial score (nSPS) is 5.89. The van der Waals surface area contributed by atoms with E-state index < -0.39 is 0 Å². The Balaban J connectivity index is 2.47. The third-order valence-corrected chi connectivity index (χ3v) is 2.19. The SMILES string of the molecule is C#CC#CC#CC#CC#CC#CC#CC#CC#COc1ccc(N)cc1N. The minimum atomic E-state index is 0.391. The van der Waals surface area contributed by atoms with Gasteiger partial charge >= 0.3 is 0 Å². The first-order chi connectivity index (χ1) is 13.2. The van der Waals surface area contributed by atoms with Crippen molar-refractivity contribution in [2.75, 3.05) is 11.5 Å². The van der Waals surface area contributed by atoms with E-state index in [0.29, 0.717) is 17.1 Å². The second kappa shape index (κ2) is 13.1. The summed E-state index contributed by atoms with van der Waals surface area (Å²) in [7, 11) is 0. The summed E-state index contributed by atoms with van der Waals surface area (Å²) < 4.78 is 5.13. The molecule has 27 heavy (non-hydrogen) atoms. The van der Waals surface area contributed by atoms with Crippen LogP contribution in [0.25, 0.3) is 0 Å². The molecule has 0 saturated heterocycles. The zero-order chi connectivity index (χ0) is 19.6. The first kappa shape index (κ1) is 19.7. The Bertz CT molecular complexity index is 1260. The summed E-state index contributed by atoms with van der Waals surface area (Å²) in [4.78, 5) is 0. The summed E-state index contributed by atoms with van der Waals surface area (Å²) in [6, 6.07) is 4.85. The van der Waals surface area contributed by atoms with E-state index in [-0.39, 0.29) is 0 Å². The van der Waals surface area contributed by atoms with Gasteiger partial charge in [-0.3, -0.25) is 0 Å². The first-order valence-electron chi connectivity index (χ1n) is 7.01. The lowest BCUT2D eigenvalue weighted by molar-refractivity contribution is 0.523. The number of terminal acetylenes is 1. The van der Waals surface area contributed by atoms with Crippen LogP contribution in [0.4, 0.5) is 11.4 Å². The predicted octanol–water partition coefficient (Wildman–Crippen LogP) is 0.848. The number of anilines is 2. The van der Waals surface area contributed by atoms with Crippen LogP contribution < -0.4 is 16.2 Å². The van der Waals surface area contributed by atoms with E-state index in [1.165, 1.54) is 0 Å². The number of benzene rings is 1. The standard InChI is InChI=1S/C24H8N2O/c1-2-3-4-5-6-7-8-9-10-11-12-13-14-15-16-17-20-27-24-19-18-22(25)21-23(24)26/h1,18-19,21H,25-26H2. The van der Waals surface area contributed by atoms with Crippen molar-refractivity contribution in [3.8, 4) is 113 Å². The summed E-state index contributed by atoms with van der Waals surface area (Å²) >= 11 is 0. The molecule has 0 aliphatic heterocycles. The molecule has 0 atom stereocenters. The number of ether oxygens (including phenoxy) is 1. The lowest BCUT2D eigenvalue weighted by Crippen LogP contribution is -1.93. The van der Waals surface area contributed by atoms with E-state index in [9.17, 15) is 0 Å². The topological polar surface area (TPSA) is 61.3 Å². The lowest BCUT2D eigenvalue weighted by Gasteiger charge is -2.01. The van der Waals surface area contributed by atoms with Gasteiger partial charge in [-0.25, -0.2) is 0 Å². The molecule has 0 aliphatic carbocycles. The van der Waals surface area contributed by atoms with Crippen LogP contribution >= 0.6 is 0 Å². The Morgan fingerprint density at radius 3 is 1.52 bits per heavy atom. The molecule has 0 saturated carbocycles. The van der Waals surface area contributed by atoms with E-state index >= 15 is 0 Å². The Kier molecular flexibility index (Phi) is 9.58. The van der Waals surface area contributed by atoms with E-state index in [1.807, 2.05) is 0 Å². The van der Waals surface area contributed by atoms with Gasteiger partial charge in [-0.1, -0.05) is 0 Å². The fraction of sp³-hybridized carbons (Fsp3) is 0. The summed E-state index contributed by atoms with van der Waals surface area (Å²) in [6.07, 6.45) is 7.31. The van der Waals surface area contributed by atoms with Gasteiger partial charge in [-0.05, 0) is 65.6 Å². The Hall–Kier alpha value is -5.34. The molecule has 120 valence electrons. The summed E-state index contributed by atoms with van der Waals surface area (Å²) in [5.74, 6) is 39.5. The van der Waals surface area contributed by atoms with Crippen LogP contribution in [0.2, 0.25) is 0 Å². The fourth-order valence-electron chi connectivity index (χ4n) is 1.21. The quantitative estimate of drug-likeness (QED) is 0.589. The minimum absolute atomic E-state index is 0.391. The second-order valence-corrected chi connectivity index (χ2v) is 4.02. The maximum atomic E-state index is 5.71. The molecule has 3 heteroatoms. The van der Waals surface area contributed by atoms with Crippen molar-refractivity contribution in [1.82, 2.24) is 0 Å². The van der Waals surface area contributed by atoms with E-state index in [4.69, 9.17) is 22.6 Å². The van der Waals surface area contributed by atoms with Gasteiger partial charge in [0.05, 0.1) is 5.69 Å². The van der Waals surface area contributed by atoms with Crippen molar-refractivity contribution in [2.45, 2.75) is 0 Å². The van der Waals surface area contributed by atoms with Crippen LogP contribution in [0, 0.1) is 107 Å². The van der Waals surface area contributed by atoms with Crippen LogP contribution in [-0.4, -0.2) is 0 Å². The fourth-order valence-corrected chi connectivity index (χ4v) is 1.21. The molecular formula is C24H8N2O. The zero-order valence-electron chi connectivity index (χ0n) is 13.9. The van der Waals surface area contributed by atoms with Crippen LogP contribution in [-0.2, 0) is 0 Å². The molecule has 0 heterocycles. The molecule has 0 amide bonds. The molecule has 0 unspecified atom stereocenters. The highest BCUT2D eigenvalue weighted by Crippen LogP contribution is 2.22. The molecule has 1 aromatic carbocycles. The van der Waals surface area contributed by atoms with E-state index in [2.05, 4.69) is 101 Å². The summed E-state index contributed by atoms with van der Waals surface area (Å²) in [6.45, 7) is 0. The van der Waals surface area contributed by atoms with Crippen molar-refractivity contribution in [3.63, 3.8) is 0 Å². The van der Waals surface area contributed by atoms with Crippen LogP contribution in [0.3, 0.4) is 0 Å². The average molecular weight is 340 g/mol. The molecule has 0 bridgehead atoms. The summed E-state index contributed by atoms with van der Waals surface area (Å²) in [5.41, 5.74) is 12.2. The van der Waals surface area contributed by atoms with Crippen molar-refractivity contribution >= 4 is 11.4 Å². The van der Waals surface area contributed by atoms with Gasteiger partial charge in [0.15, 0.2) is 5.75 Å². The third-order valence-electron chi connectivity index (χ3n) is 2.19. The Morgan fingerprint density at radius 1 is 0.630 bits per heavy atom. The maximum Gasteiger partial charge on any atom is 0.163 e. The minimum Gasteiger partial charge on any atom is -0.404 e. The number of hydrogen-bond acceptors (Lipinski definition) is 3. The summed E-state index contributed by atoms with van der Waals surface area (Å²) in [5, 5.41) is 0. The van der Waals surface area contributed by atoms with Gasteiger partial charge in [0, 0.05) is 53.1 Å². The highest BCUT2D eigenvalue weighted by atomic mass is 16.5. The first-order valence-corrected chi connectivity index (χ1v) is 7.01. The largest absolute Gasteiger partial charge is 0.404 e. The lowest BCUT2D eigenvalue weighted by atomic mass is 10.2. The molecule has 4 N–H and O–H groups in total. The van der Waals surface area contributed by atoms with Gasteiger partial charge in [0.25, 0.3) is 0 Å². The average Bonchev–Trinajstić information content (AvgIpc) is 2.65. The van der Waals surface area contributed by atoms with Gasteiger partial charge < -0.3 is 16.2 Å². The van der Waals surface area contributed by atoms with Gasteiger partial charge in [-0.15, -0.1) is 6.42 Å². The highest BCUT2D eigenvalue weighted by Gasteiger charge is 1.98. The van der Waals surface area contributed by atoms with Crippen LogP contribution in [0.15, 0.2) is 18.2 Å². The van der Waals surface area contributed by atoms with Gasteiger partial charge in [0.1, 0.15) is 6.11 Å². The molecule has 1 aromatic rings.